The molecule has 0 spiro atoms. The van der Waals surface area contributed by atoms with Gasteiger partial charge in [-0.1, -0.05) is 72.1 Å². The highest BCUT2D eigenvalue weighted by Crippen LogP contribution is 2.20. The predicted molar refractivity (Wildman–Crippen MR) is 128 cm³/mol. The Labute approximate surface area is 184 Å². The molecule has 0 amide bonds. The van der Waals surface area contributed by atoms with Crippen molar-refractivity contribution in [3.63, 3.8) is 0 Å². The van der Waals surface area contributed by atoms with Crippen molar-refractivity contribution in [2.45, 2.75) is 97.8 Å². The zero-order chi connectivity index (χ0) is 21.4. The van der Waals surface area contributed by atoms with Gasteiger partial charge in [-0.05, 0) is 61.4 Å². The molecular formula is C27H42N2O. The van der Waals surface area contributed by atoms with Crippen LogP contribution in [0.4, 0.5) is 0 Å². The first kappa shape index (κ1) is 24.4. The number of hydrogen-bond donors (Lipinski definition) is 0. The lowest BCUT2D eigenvalue weighted by atomic mass is 9.99. The summed E-state index contributed by atoms with van der Waals surface area (Å²) >= 11 is 0. The minimum absolute atomic E-state index is 0.790. The molecule has 0 saturated carbocycles. The molecule has 3 nitrogen and oxygen atoms in total. The second-order valence-electron chi connectivity index (χ2n) is 8.70. The average molecular weight is 411 g/mol. The molecule has 0 aliphatic rings. The molecule has 166 valence electrons. The Morgan fingerprint density at radius 3 is 2.10 bits per heavy atom. The first-order valence-electron chi connectivity index (χ1n) is 12.3. The van der Waals surface area contributed by atoms with E-state index in [2.05, 4.69) is 42.9 Å². The molecule has 1 atom stereocenters. The molecule has 1 heterocycles. The van der Waals surface area contributed by atoms with Crippen molar-refractivity contribution in [1.82, 2.24) is 9.97 Å². The van der Waals surface area contributed by atoms with E-state index in [-0.39, 0.29) is 0 Å². The third kappa shape index (κ3) is 9.73. The van der Waals surface area contributed by atoms with Crippen LogP contribution in [0.3, 0.4) is 0 Å². The van der Waals surface area contributed by atoms with Crippen LogP contribution in [-0.2, 0) is 6.42 Å². The smallest absolute Gasteiger partial charge is 0.159 e. The van der Waals surface area contributed by atoms with E-state index in [0.29, 0.717) is 0 Å². The lowest BCUT2D eigenvalue weighted by Crippen LogP contribution is -2.01. The average Bonchev–Trinajstić information content (AvgIpc) is 2.78. The number of nitrogens with zero attached hydrogens (tertiary/aromatic N) is 2. The summed E-state index contributed by atoms with van der Waals surface area (Å²) in [6.45, 7) is 7.66. The second-order valence-corrected chi connectivity index (χ2v) is 8.70. The fourth-order valence-corrected chi connectivity index (χ4v) is 3.76. The molecule has 0 saturated heterocycles. The van der Waals surface area contributed by atoms with Gasteiger partial charge in [-0.15, -0.1) is 0 Å². The quantitative estimate of drug-likeness (QED) is 0.263. The van der Waals surface area contributed by atoms with Crippen molar-refractivity contribution < 1.29 is 4.74 Å². The highest BCUT2D eigenvalue weighted by molar-refractivity contribution is 5.55. The first-order chi connectivity index (χ1) is 14.7. The number of aryl methyl sites for hydroxylation is 1. The van der Waals surface area contributed by atoms with Crippen LogP contribution in [0, 0.1) is 5.92 Å². The number of hydrogen-bond acceptors (Lipinski definition) is 3. The summed E-state index contributed by atoms with van der Waals surface area (Å²) in [5, 5.41) is 0. The number of benzene rings is 1. The normalized spacial score (nSPS) is 12.1. The van der Waals surface area contributed by atoms with Gasteiger partial charge >= 0.3 is 0 Å². The molecule has 2 aromatic rings. The molecule has 1 aromatic carbocycles. The summed E-state index contributed by atoms with van der Waals surface area (Å²) in [4.78, 5) is 9.15. The van der Waals surface area contributed by atoms with Crippen molar-refractivity contribution in [3.05, 3.63) is 42.2 Å². The Hall–Kier alpha value is -1.90. The molecule has 1 aromatic heterocycles. The molecule has 0 aliphatic heterocycles. The van der Waals surface area contributed by atoms with Gasteiger partial charge in [0.1, 0.15) is 5.75 Å². The lowest BCUT2D eigenvalue weighted by molar-refractivity contribution is 0.291. The predicted octanol–water partition coefficient (Wildman–Crippen LogP) is 8.03. The summed E-state index contributed by atoms with van der Waals surface area (Å²) in [5.41, 5.74) is 2.28. The Morgan fingerprint density at radius 2 is 1.40 bits per heavy atom. The zero-order valence-corrected chi connectivity index (χ0v) is 19.5. The number of aromatic nitrogens is 2. The summed E-state index contributed by atoms with van der Waals surface area (Å²) in [5.74, 6) is 2.52. The maximum atomic E-state index is 5.91. The monoisotopic (exact) mass is 410 g/mol. The molecular weight excluding hydrogens is 368 g/mol. The van der Waals surface area contributed by atoms with Gasteiger partial charge in [0, 0.05) is 18.0 Å². The molecule has 2 rings (SSSR count). The third-order valence-corrected chi connectivity index (χ3v) is 5.80. The Bertz CT molecular complexity index is 666. The largest absolute Gasteiger partial charge is 0.494 e. The number of rotatable bonds is 16. The molecule has 0 N–H and O–H groups in total. The number of unbranched alkanes of at least 4 members (excludes halogenated alkanes) is 6. The molecule has 0 fully saturated rings. The van der Waals surface area contributed by atoms with Crippen molar-refractivity contribution in [3.8, 4) is 17.1 Å². The minimum Gasteiger partial charge on any atom is -0.494 e. The van der Waals surface area contributed by atoms with Gasteiger partial charge < -0.3 is 4.74 Å². The fraction of sp³-hybridized carbons (Fsp3) is 0.630. The lowest BCUT2D eigenvalue weighted by Gasteiger charge is -2.11. The Balaban J connectivity index is 1.70. The summed E-state index contributed by atoms with van der Waals surface area (Å²) in [7, 11) is 0. The Kier molecular flexibility index (Phi) is 12.2. The van der Waals surface area contributed by atoms with Crippen LogP contribution in [0.2, 0.25) is 0 Å². The van der Waals surface area contributed by atoms with Crippen molar-refractivity contribution >= 4 is 0 Å². The van der Waals surface area contributed by atoms with Crippen LogP contribution < -0.4 is 4.74 Å². The maximum absolute atomic E-state index is 5.91. The van der Waals surface area contributed by atoms with E-state index in [1.165, 1.54) is 69.8 Å². The van der Waals surface area contributed by atoms with Gasteiger partial charge in [-0.2, -0.15) is 0 Å². The van der Waals surface area contributed by atoms with Crippen molar-refractivity contribution in [2.75, 3.05) is 6.61 Å². The maximum Gasteiger partial charge on any atom is 0.159 e. The summed E-state index contributed by atoms with van der Waals surface area (Å²) in [6, 6.07) is 8.18. The Morgan fingerprint density at radius 1 is 0.767 bits per heavy atom. The molecule has 1 unspecified atom stereocenters. The molecule has 0 radical (unpaired) electrons. The molecule has 0 aliphatic carbocycles. The molecule has 3 heteroatoms. The van der Waals surface area contributed by atoms with E-state index in [1.807, 2.05) is 24.5 Å². The van der Waals surface area contributed by atoms with E-state index in [4.69, 9.17) is 4.74 Å². The van der Waals surface area contributed by atoms with E-state index in [0.717, 1.165) is 42.5 Å². The van der Waals surface area contributed by atoms with E-state index < -0.39 is 0 Å². The van der Waals surface area contributed by atoms with Gasteiger partial charge in [0.15, 0.2) is 5.82 Å². The zero-order valence-electron chi connectivity index (χ0n) is 19.5. The number of ether oxygens (including phenoxy) is 1. The highest BCUT2D eigenvalue weighted by Gasteiger charge is 2.04. The fourth-order valence-electron chi connectivity index (χ4n) is 3.76. The highest BCUT2D eigenvalue weighted by atomic mass is 16.5. The van der Waals surface area contributed by atoms with Gasteiger partial charge in [-0.3, -0.25) is 0 Å². The summed E-state index contributed by atoms with van der Waals surface area (Å²) in [6.07, 6.45) is 19.3. The third-order valence-electron chi connectivity index (χ3n) is 5.80. The van der Waals surface area contributed by atoms with Gasteiger partial charge in [-0.25, -0.2) is 9.97 Å². The van der Waals surface area contributed by atoms with Crippen molar-refractivity contribution in [2.24, 2.45) is 5.92 Å². The second kappa shape index (κ2) is 15.0. The van der Waals surface area contributed by atoms with Crippen molar-refractivity contribution in [1.29, 1.82) is 0 Å². The van der Waals surface area contributed by atoms with Crippen LogP contribution in [0.5, 0.6) is 5.75 Å². The molecule has 0 bridgehead atoms. The van der Waals surface area contributed by atoms with Crippen LogP contribution in [-0.4, -0.2) is 16.6 Å². The van der Waals surface area contributed by atoms with Gasteiger partial charge in [0.2, 0.25) is 0 Å². The van der Waals surface area contributed by atoms with E-state index >= 15 is 0 Å². The van der Waals surface area contributed by atoms with E-state index in [1.54, 1.807) is 0 Å². The van der Waals surface area contributed by atoms with Gasteiger partial charge in [0.05, 0.1) is 6.61 Å². The first-order valence-corrected chi connectivity index (χ1v) is 12.3. The topological polar surface area (TPSA) is 35.0 Å². The van der Waals surface area contributed by atoms with Crippen LogP contribution in [0.1, 0.15) is 97.0 Å². The SMILES string of the molecule is CCCCCCCCc1cnc(-c2ccc(OCCCC(C)CCCC)cc2)nc1. The summed E-state index contributed by atoms with van der Waals surface area (Å²) < 4.78 is 5.91. The standard InChI is InChI=1S/C27H42N2O/c1-4-6-8-9-10-11-15-24-21-28-27(29-22-24)25-16-18-26(19-17-25)30-20-12-14-23(3)13-7-5-2/h16-19,21-23H,4-15,20H2,1-3H3. The van der Waals surface area contributed by atoms with Gasteiger partial charge in [0.25, 0.3) is 0 Å². The van der Waals surface area contributed by atoms with E-state index in [9.17, 15) is 0 Å². The minimum atomic E-state index is 0.790. The van der Waals surface area contributed by atoms with Crippen LogP contribution in [0.25, 0.3) is 11.4 Å². The molecule has 30 heavy (non-hydrogen) atoms. The van der Waals surface area contributed by atoms with Crippen LogP contribution >= 0.6 is 0 Å². The van der Waals surface area contributed by atoms with Crippen LogP contribution in [0.15, 0.2) is 36.7 Å².